The first-order valence-corrected chi connectivity index (χ1v) is 7.09. The molecule has 0 amide bonds. The van der Waals surface area contributed by atoms with Gasteiger partial charge in [-0.25, -0.2) is 0 Å². The predicted molar refractivity (Wildman–Crippen MR) is 78.6 cm³/mol. The Morgan fingerprint density at radius 2 is 1.89 bits per heavy atom. The Morgan fingerprint density at radius 3 is 2.33 bits per heavy atom. The molecule has 0 spiro atoms. The van der Waals surface area contributed by atoms with E-state index >= 15 is 0 Å². The van der Waals surface area contributed by atoms with Crippen molar-refractivity contribution in [2.75, 3.05) is 0 Å². The Balaban J connectivity index is 2.16. The van der Waals surface area contributed by atoms with Crippen molar-refractivity contribution in [1.82, 2.24) is 4.81 Å². The Kier molecular flexibility index (Phi) is 3.51. The number of nitriles is 1. The molecule has 2 rings (SSSR count). The second kappa shape index (κ2) is 4.55. The highest BCUT2D eigenvalue weighted by Gasteiger charge is 2.54. The number of hydrogen-bond acceptors (Lipinski definition) is 4. The van der Waals surface area contributed by atoms with Gasteiger partial charge in [0, 0.05) is 0 Å². The number of allylic oxidation sites excluding steroid dienone is 2. The molecule has 0 bridgehead atoms. The van der Waals surface area contributed by atoms with E-state index in [0.717, 1.165) is 0 Å². The topological polar surface area (TPSA) is 45.5 Å². The molecule has 0 N–H and O–H groups in total. The second-order valence-corrected chi connectivity index (χ2v) is 6.71. The molecule has 1 atom stereocenters. The summed E-state index contributed by atoms with van der Waals surface area (Å²) in [5, 5.41) is 8.87. The molecule has 1 fully saturated rings. The Hall–Kier alpha value is -0.515. The summed E-state index contributed by atoms with van der Waals surface area (Å²) in [6, 6.07) is 2.14. The lowest BCUT2D eigenvalue weighted by Gasteiger charge is -2.32. The quantitative estimate of drug-likeness (QED) is 0.313. The van der Waals surface area contributed by atoms with E-state index in [0.29, 0.717) is 5.57 Å². The maximum atomic E-state index is 8.87. The first kappa shape index (κ1) is 13.9. The number of rotatable bonds is 1. The van der Waals surface area contributed by atoms with E-state index in [1.807, 2.05) is 44.8 Å². The minimum atomic E-state index is -0.412. The molecule has 0 radical (unpaired) electrons. The van der Waals surface area contributed by atoms with Crippen LogP contribution in [0.4, 0.5) is 0 Å². The fourth-order valence-corrected chi connectivity index (χ4v) is 2.57. The SMILES string of the molecule is CC1(C)OB(N2C=CC(C#N)=CC2I)OC1(C)C. The summed E-state index contributed by atoms with van der Waals surface area (Å²) in [5.74, 6) is 0. The first-order valence-electron chi connectivity index (χ1n) is 5.84. The molecule has 2 aliphatic heterocycles. The van der Waals surface area contributed by atoms with Gasteiger partial charge in [-0.3, -0.25) is 0 Å². The van der Waals surface area contributed by atoms with Crippen LogP contribution in [0.5, 0.6) is 0 Å². The molecule has 0 saturated carbocycles. The minimum Gasteiger partial charge on any atom is -0.384 e. The van der Waals surface area contributed by atoms with Crippen molar-refractivity contribution in [2.45, 2.75) is 42.9 Å². The molecule has 6 heteroatoms. The van der Waals surface area contributed by atoms with Gasteiger partial charge in [0.05, 0.1) is 26.9 Å². The van der Waals surface area contributed by atoms with Crippen LogP contribution in [0.2, 0.25) is 0 Å². The number of hydrogen-bond donors (Lipinski definition) is 0. The highest BCUT2D eigenvalue weighted by molar-refractivity contribution is 14.1. The summed E-state index contributed by atoms with van der Waals surface area (Å²) in [7, 11) is -0.412. The van der Waals surface area contributed by atoms with Crippen molar-refractivity contribution in [2.24, 2.45) is 0 Å². The van der Waals surface area contributed by atoms with E-state index in [2.05, 4.69) is 28.7 Å². The predicted octanol–water partition coefficient (Wildman–Crippen LogP) is 2.62. The summed E-state index contributed by atoms with van der Waals surface area (Å²) in [5.41, 5.74) is -0.0236. The molecule has 0 aromatic carbocycles. The average Bonchev–Trinajstić information content (AvgIpc) is 2.47. The molecule has 4 nitrogen and oxygen atoms in total. The summed E-state index contributed by atoms with van der Waals surface area (Å²) in [6.45, 7) is 8.11. The van der Waals surface area contributed by atoms with Gasteiger partial charge >= 0.3 is 7.25 Å². The zero-order chi connectivity index (χ0) is 13.6. The molecule has 2 heterocycles. The first-order chi connectivity index (χ1) is 8.27. The van der Waals surface area contributed by atoms with Crippen LogP contribution in [0.1, 0.15) is 27.7 Å². The molecule has 1 saturated heterocycles. The van der Waals surface area contributed by atoms with Gasteiger partial charge in [-0.2, -0.15) is 5.26 Å². The summed E-state index contributed by atoms with van der Waals surface area (Å²) in [4.78, 5) is 1.97. The van der Waals surface area contributed by atoms with Gasteiger partial charge in [-0.15, -0.1) is 0 Å². The van der Waals surface area contributed by atoms with Crippen molar-refractivity contribution in [3.05, 3.63) is 23.9 Å². The van der Waals surface area contributed by atoms with Gasteiger partial charge in [0.15, 0.2) is 0 Å². The van der Waals surface area contributed by atoms with Crippen molar-refractivity contribution < 1.29 is 9.31 Å². The maximum Gasteiger partial charge on any atom is 0.594 e. The third-order valence-electron chi connectivity index (χ3n) is 3.64. The Bertz CT molecular complexity index is 437. The monoisotopic (exact) mass is 358 g/mol. The van der Waals surface area contributed by atoms with Crippen LogP contribution in [-0.4, -0.2) is 27.3 Å². The molecule has 0 aliphatic carbocycles. The average molecular weight is 358 g/mol. The fraction of sp³-hybridized carbons (Fsp3) is 0.583. The highest BCUT2D eigenvalue weighted by Crippen LogP contribution is 2.39. The zero-order valence-corrected chi connectivity index (χ0v) is 13.1. The number of nitrogens with zero attached hydrogens (tertiary/aromatic N) is 2. The van der Waals surface area contributed by atoms with E-state index in [-0.39, 0.29) is 15.3 Å². The Labute approximate surface area is 122 Å². The van der Waals surface area contributed by atoms with Crippen LogP contribution in [0.15, 0.2) is 23.9 Å². The van der Waals surface area contributed by atoms with Crippen molar-refractivity contribution in [1.29, 1.82) is 5.26 Å². The van der Waals surface area contributed by atoms with Gasteiger partial charge in [0.2, 0.25) is 0 Å². The Morgan fingerprint density at radius 1 is 1.33 bits per heavy atom. The van der Waals surface area contributed by atoms with E-state index < -0.39 is 7.25 Å². The number of alkyl halides is 1. The molecule has 18 heavy (non-hydrogen) atoms. The second-order valence-electron chi connectivity index (χ2n) is 5.43. The lowest BCUT2D eigenvalue weighted by Crippen LogP contribution is -2.43. The molecular weight excluding hydrogens is 342 g/mol. The largest absolute Gasteiger partial charge is 0.594 e. The van der Waals surface area contributed by atoms with Crippen LogP contribution >= 0.6 is 22.6 Å². The smallest absolute Gasteiger partial charge is 0.384 e. The van der Waals surface area contributed by atoms with Gasteiger partial charge in [0.1, 0.15) is 0 Å². The van der Waals surface area contributed by atoms with E-state index in [1.54, 1.807) is 6.08 Å². The minimum absolute atomic E-state index is 0.0527. The fourth-order valence-electron chi connectivity index (χ4n) is 1.73. The molecular formula is C12H16BIN2O2. The molecule has 1 unspecified atom stereocenters. The van der Waals surface area contributed by atoms with Crippen LogP contribution in [-0.2, 0) is 9.31 Å². The van der Waals surface area contributed by atoms with Gasteiger partial charge in [0.25, 0.3) is 0 Å². The van der Waals surface area contributed by atoms with E-state index in [9.17, 15) is 0 Å². The molecule has 96 valence electrons. The molecule has 0 aromatic heterocycles. The van der Waals surface area contributed by atoms with Crippen LogP contribution in [0.25, 0.3) is 0 Å². The lowest BCUT2D eigenvalue weighted by atomic mass is 9.90. The van der Waals surface area contributed by atoms with Crippen LogP contribution in [0, 0.1) is 11.3 Å². The third kappa shape index (κ3) is 2.31. The van der Waals surface area contributed by atoms with Gasteiger partial charge < -0.3 is 14.1 Å². The molecule has 0 aromatic rings. The van der Waals surface area contributed by atoms with Crippen molar-refractivity contribution >= 4 is 29.8 Å². The number of halogens is 1. The van der Waals surface area contributed by atoms with Crippen LogP contribution < -0.4 is 0 Å². The lowest BCUT2D eigenvalue weighted by molar-refractivity contribution is 0.00578. The maximum absolute atomic E-state index is 8.87. The van der Waals surface area contributed by atoms with Crippen molar-refractivity contribution in [3.63, 3.8) is 0 Å². The van der Waals surface area contributed by atoms with E-state index in [4.69, 9.17) is 14.6 Å². The normalized spacial score (nSPS) is 29.1. The molecule has 2 aliphatic rings. The van der Waals surface area contributed by atoms with Gasteiger partial charge in [-0.1, -0.05) is 22.6 Å². The standard InChI is InChI=1S/C12H16BIN2O2/c1-11(2)12(3,4)18-13(17-11)16-6-5-9(8-15)7-10(16)14/h5-7,10H,1-4H3. The summed E-state index contributed by atoms with van der Waals surface area (Å²) >= 11 is 2.26. The zero-order valence-electron chi connectivity index (χ0n) is 11.0. The van der Waals surface area contributed by atoms with Crippen LogP contribution in [0.3, 0.4) is 0 Å². The third-order valence-corrected chi connectivity index (χ3v) is 4.64. The van der Waals surface area contributed by atoms with E-state index in [1.165, 1.54) is 0 Å². The van der Waals surface area contributed by atoms with Gasteiger partial charge in [-0.05, 0) is 46.0 Å². The summed E-state index contributed by atoms with van der Waals surface area (Å²) < 4.78 is 12.0. The summed E-state index contributed by atoms with van der Waals surface area (Å²) in [6.07, 6.45) is 5.53. The highest BCUT2D eigenvalue weighted by atomic mass is 127. The van der Waals surface area contributed by atoms with Crippen molar-refractivity contribution in [3.8, 4) is 6.07 Å².